The highest BCUT2D eigenvalue weighted by molar-refractivity contribution is 6.31. The SMILES string of the molecule is CC(=O)N1CCOC(COc2ccc(Cl)c(C)c2)(CC(=O)N2CCN(C)CC2)C1. The average molecular weight is 424 g/mol. The average Bonchev–Trinajstić information content (AvgIpc) is 2.69. The number of ether oxygens (including phenoxy) is 2. The topological polar surface area (TPSA) is 62.3 Å². The van der Waals surface area contributed by atoms with Crippen LogP contribution >= 0.6 is 11.6 Å². The number of benzene rings is 1. The van der Waals surface area contributed by atoms with Gasteiger partial charge in [0.2, 0.25) is 11.8 Å². The molecule has 0 N–H and O–H groups in total. The van der Waals surface area contributed by atoms with E-state index in [1.54, 1.807) is 24.0 Å². The summed E-state index contributed by atoms with van der Waals surface area (Å²) >= 11 is 6.10. The molecule has 3 rings (SSSR count). The van der Waals surface area contributed by atoms with Crippen LogP contribution in [0.1, 0.15) is 18.9 Å². The molecule has 1 aromatic carbocycles. The van der Waals surface area contributed by atoms with Gasteiger partial charge in [-0.25, -0.2) is 0 Å². The van der Waals surface area contributed by atoms with E-state index in [9.17, 15) is 9.59 Å². The normalized spacial score (nSPS) is 23.2. The maximum atomic E-state index is 13.0. The number of rotatable bonds is 5. The van der Waals surface area contributed by atoms with E-state index in [1.165, 1.54) is 0 Å². The first-order chi connectivity index (χ1) is 13.8. The highest BCUT2D eigenvalue weighted by atomic mass is 35.5. The number of likely N-dealkylation sites (N-methyl/N-ethyl adjacent to an activating group) is 1. The smallest absolute Gasteiger partial charge is 0.225 e. The summed E-state index contributed by atoms with van der Waals surface area (Å²) < 4.78 is 12.1. The summed E-state index contributed by atoms with van der Waals surface area (Å²) in [6.45, 7) is 8.04. The molecule has 1 unspecified atom stereocenters. The van der Waals surface area contributed by atoms with Gasteiger partial charge in [-0.2, -0.15) is 0 Å². The number of hydrogen-bond acceptors (Lipinski definition) is 5. The van der Waals surface area contributed by atoms with Crippen molar-refractivity contribution in [3.63, 3.8) is 0 Å². The molecular formula is C21H30ClN3O4. The van der Waals surface area contributed by atoms with Crippen molar-refractivity contribution in [3.05, 3.63) is 28.8 Å². The van der Waals surface area contributed by atoms with Gasteiger partial charge in [0.15, 0.2) is 0 Å². The second-order valence-electron chi connectivity index (χ2n) is 8.03. The summed E-state index contributed by atoms with van der Waals surface area (Å²) in [4.78, 5) is 30.8. The fraction of sp³-hybridized carbons (Fsp3) is 0.619. The summed E-state index contributed by atoms with van der Waals surface area (Å²) in [5.41, 5.74) is 0.0550. The van der Waals surface area contributed by atoms with Crippen molar-refractivity contribution < 1.29 is 19.1 Å². The lowest BCUT2D eigenvalue weighted by Crippen LogP contribution is -2.59. The molecule has 2 aliphatic heterocycles. The molecule has 7 nitrogen and oxygen atoms in total. The lowest BCUT2D eigenvalue weighted by Gasteiger charge is -2.43. The van der Waals surface area contributed by atoms with E-state index in [1.807, 2.05) is 17.9 Å². The van der Waals surface area contributed by atoms with Gasteiger partial charge < -0.3 is 24.2 Å². The Morgan fingerprint density at radius 1 is 1.17 bits per heavy atom. The standard InChI is InChI=1S/C21H30ClN3O4/c1-16-12-18(4-5-19(16)22)28-15-21(14-25(17(2)26)10-11-29-21)13-20(27)24-8-6-23(3)7-9-24/h4-5,12H,6-11,13-15H2,1-3H3. The van der Waals surface area contributed by atoms with Gasteiger partial charge >= 0.3 is 0 Å². The third-order valence-corrected chi connectivity index (χ3v) is 6.08. The Morgan fingerprint density at radius 3 is 2.55 bits per heavy atom. The highest BCUT2D eigenvalue weighted by Crippen LogP contribution is 2.27. The minimum Gasteiger partial charge on any atom is -0.490 e. The highest BCUT2D eigenvalue weighted by Gasteiger charge is 2.42. The number of amides is 2. The lowest BCUT2D eigenvalue weighted by molar-refractivity contribution is -0.165. The molecule has 0 bridgehead atoms. The largest absolute Gasteiger partial charge is 0.490 e. The van der Waals surface area contributed by atoms with Gasteiger partial charge in [-0.3, -0.25) is 9.59 Å². The molecule has 2 fully saturated rings. The van der Waals surface area contributed by atoms with E-state index in [0.29, 0.717) is 43.6 Å². The first-order valence-corrected chi connectivity index (χ1v) is 10.4. The van der Waals surface area contributed by atoms with E-state index in [2.05, 4.69) is 11.9 Å². The van der Waals surface area contributed by atoms with Gasteiger partial charge in [0.05, 0.1) is 19.6 Å². The number of hydrogen-bond donors (Lipinski definition) is 0. The van der Waals surface area contributed by atoms with Crippen molar-refractivity contribution in [1.29, 1.82) is 0 Å². The van der Waals surface area contributed by atoms with E-state index >= 15 is 0 Å². The Kier molecular flexibility index (Phi) is 7.03. The number of halogens is 1. The molecule has 1 atom stereocenters. The van der Waals surface area contributed by atoms with Crippen molar-refractivity contribution in [2.45, 2.75) is 25.9 Å². The van der Waals surface area contributed by atoms with Crippen LogP contribution in [0.25, 0.3) is 0 Å². The van der Waals surface area contributed by atoms with Gasteiger partial charge in [0.1, 0.15) is 18.0 Å². The second-order valence-corrected chi connectivity index (χ2v) is 8.44. The number of nitrogens with zero attached hydrogens (tertiary/aromatic N) is 3. The summed E-state index contributed by atoms with van der Waals surface area (Å²) in [5.74, 6) is 0.688. The summed E-state index contributed by atoms with van der Waals surface area (Å²) in [7, 11) is 2.06. The molecule has 1 aromatic rings. The predicted octanol–water partition coefficient (Wildman–Crippen LogP) is 1.81. The molecule has 0 aromatic heterocycles. The van der Waals surface area contributed by atoms with Crippen molar-refractivity contribution >= 4 is 23.4 Å². The van der Waals surface area contributed by atoms with Crippen LogP contribution in [0.15, 0.2) is 18.2 Å². The third kappa shape index (κ3) is 5.62. The number of piperazine rings is 1. The second kappa shape index (κ2) is 9.32. The lowest BCUT2D eigenvalue weighted by atomic mass is 9.96. The van der Waals surface area contributed by atoms with Crippen molar-refractivity contribution in [2.75, 3.05) is 59.5 Å². The molecular weight excluding hydrogens is 394 g/mol. The third-order valence-electron chi connectivity index (χ3n) is 5.65. The van der Waals surface area contributed by atoms with Crippen LogP contribution in [0.2, 0.25) is 5.02 Å². The molecule has 2 saturated heterocycles. The van der Waals surface area contributed by atoms with E-state index in [-0.39, 0.29) is 24.8 Å². The van der Waals surface area contributed by atoms with Crippen molar-refractivity contribution in [3.8, 4) is 5.75 Å². The van der Waals surface area contributed by atoms with Gasteiger partial charge in [-0.05, 0) is 37.7 Å². The number of aryl methyl sites for hydroxylation is 1. The quantitative estimate of drug-likeness (QED) is 0.722. The van der Waals surface area contributed by atoms with E-state index in [0.717, 1.165) is 18.7 Å². The molecule has 29 heavy (non-hydrogen) atoms. The Bertz CT molecular complexity index is 751. The maximum Gasteiger partial charge on any atom is 0.225 e. The maximum absolute atomic E-state index is 13.0. The fourth-order valence-electron chi connectivity index (χ4n) is 3.72. The molecule has 160 valence electrons. The minimum atomic E-state index is -0.863. The molecule has 2 heterocycles. The van der Waals surface area contributed by atoms with E-state index < -0.39 is 5.60 Å². The van der Waals surface area contributed by atoms with Gasteiger partial charge in [0.25, 0.3) is 0 Å². The molecule has 2 aliphatic rings. The Hall–Kier alpha value is -1.83. The summed E-state index contributed by atoms with van der Waals surface area (Å²) in [6.07, 6.45) is 0.188. The van der Waals surface area contributed by atoms with Gasteiger partial charge in [-0.15, -0.1) is 0 Å². The summed E-state index contributed by atoms with van der Waals surface area (Å²) in [6, 6.07) is 5.46. The van der Waals surface area contributed by atoms with Crippen LogP contribution in [0.5, 0.6) is 5.75 Å². The fourth-order valence-corrected chi connectivity index (χ4v) is 3.84. The monoisotopic (exact) mass is 423 g/mol. The van der Waals surface area contributed by atoms with Crippen molar-refractivity contribution in [2.24, 2.45) is 0 Å². The summed E-state index contributed by atoms with van der Waals surface area (Å²) in [5, 5.41) is 0.675. The number of carbonyl (C=O) groups is 2. The predicted molar refractivity (Wildman–Crippen MR) is 111 cm³/mol. The first kappa shape index (κ1) is 21.9. The zero-order valence-electron chi connectivity index (χ0n) is 17.4. The van der Waals surface area contributed by atoms with E-state index in [4.69, 9.17) is 21.1 Å². The van der Waals surface area contributed by atoms with Crippen LogP contribution in [0.4, 0.5) is 0 Å². The molecule has 2 amide bonds. The Morgan fingerprint density at radius 2 is 1.90 bits per heavy atom. The zero-order valence-corrected chi connectivity index (χ0v) is 18.2. The van der Waals surface area contributed by atoms with Gasteiger partial charge in [-0.1, -0.05) is 11.6 Å². The molecule has 0 radical (unpaired) electrons. The van der Waals surface area contributed by atoms with Crippen molar-refractivity contribution in [1.82, 2.24) is 14.7 Å². The minimum absolute atomic E-state index is 0.0212. The first-order valence-electron chi connectivity index (χ1n) is 10.0. The van der Waals surface area contributed by atoms with Crippen LogP contribution < -0.4 is 4.74 Å². The molecule has 0 aliphatic carbocycles. The van der Waals surface area contributed by atoms with Crippen LogP contribution in [-0.2, 0) is 14.3 Å². The number of morpholine rings is 1. The Balaban J connectivity index is 1.73. The molecule has 8 heteroatoms. The molecule has 0 saturated carbocycles. The Labute approximate surface area is 177 Å². The van der Waals surface area contributed by atoms with Crippen LogP contribution in [0.3, 0.4) is 0 Å². The number of carbonyl (C=O) groups excluding carboxylic acids is 2. The van der Waals surface area contributed by atoms with Gasteiger partial charge in [0, 0.05) is 44.7 Å². The van der Waals surface area contributed by atoms with Crippen LogP contribution in [-0.4, -0.2) is 91.6 Å². The zero-order chi connectivity index (χ0) is 21.0. The van der Waals surface area contributed by atoms with Crippen LogP contribution in [0, 0.1) is 6.92 Å². The molecule has 0 spiro atoms.